The minimum Gasteiger partial charge on any atom is -0.444 e. The number of hydrogen-bond donors (Lipinski definition) is 2. The Morgan fingerprint density at radius 3 is 1.60 bits per heavy atom. The third-order valence-corrected chi connectivity index (χ3v) is 8.21. The Kier molecular flexibility index (Phi) is 15.3. The van der Waals surface area contributed by atoms with E-state index < -0.39 is 11.7 Å². The van der Waals surface area contributed by atoms with Crippen LogP contribution in [0.5, 0.6) is 0 Å². The van der Waals surface area contributed by atoms with Gasteiger partial charge in [-0.25, -0.2) is 22.4 Å². The van der Waals surface area contributed by atoms with Gasteiger partial charge in [-0.3, -0.25) is 19.0 Å². The zero-order valence-electron chi connectivity index (χ0n) is 29.9. The van der Waals surface area contributed by atoms with Crippen LogP contribution >= 0.6 is 12.4 Å². The van der Waals surface area contributed by atoms with Gasteiger partial charge in [0.15, 0.2) is 0 Å². The highest BCUT2D eigenvalue weighted by molar-refractivity contribution is 6.08. The van der Waals surface area contributed by atoms with Crippen LogP contribution in [0.3, 0.4) is 0 Å². The van der Waals surface area contributed by atoms with Gasteiger partial charge >= 0.3 is 6.09 Å². The van der Waals surface area contributed by atoms with Crippen LogP contribution < -0.4 is 20.9 Å². The first-order chi connectivity index (χ1) is 25.3. The standard InChI is InChI=1S/C21H24F2N4O3.C16H16F2N4O.CH4.ClH/c1-21(2,3)30-20(29)24-11-14(10-22)12-26-13-17-18(25-26)8-9-27(19(17)28)16-6-4-15(23)5-7-16;17-7-11(8-19)9-21-10-14-15(20-21)5-6-22(16(14)23)13-3-1-12(18)2-4-13;;/h4-7,10,13H,8-9,11-12H2,1-3H3,(H,24,29);1-4,7,10H,5-6,8-9,19H2;1H4;1H/b14-10+;11-7+;;. The highest BCUT2D eigenvalue weighted by Crippen LogP contribution is 2.26. The van der Waals surface area contributed by atoms with Crippen LogP contribution in [-0.4, -0.2) is 69.2 Å². The van der Waals surface area contributed by atoms with E-state index in [2.05, 4.69) is 15.5 Å². The van der Waals surface area contributed by atoms with E-state index in [1.54, 1.807) is 67.2 Å². The molecular weight excluding hydrogens is 744 g/mol. The molecule has 2 aliphatic heterocycles. The van der Waals surface area contributed by atoms with E-state index in [0.717, 1.165) is 0 Å². The number of carbonyl (C=O) groups is 3. The van der Waals surface area contributed by atoms with Crippen molar-refractivity contribution in [1.82, 2.24) is 24.9 Å². The zero-order valence-corrected chi connectivity index (χ0v) is 30.7. The van der Waals surface area contributed by atoms with Crippen molar-refractivity contribution in [3.63, 3.8) is 0 Å². The second kappa shape index (κ2) is 19.2. The molecule has 55 heavy (non-hydrogen) atoms. The zero-order chi connectivity index (χ0) is 38.3. The molecular formula is C38H45ClF4N8O4. The maximum absolute atomic E-state index is 13.3. The number of rotatable bonds is 9. The van der Waals surface area contributed by atoms with Crippen molar-refractivity contribution in [2.75, 3.05) is 36.0 Å². The molecule has 0 aliphatic carbocycles. The number of aromatic nitrogens is 4. The van der Waals surface area contributed by atoms with Crippen molar-refractivity contribution in [2.24, 2.45) is 5.73 Å². The molecule has 0 bridgehead atoms. The number of nitrogens with two attached hydrogens (primary N) is 1. The summed E-state index contributed by atoms with van der Waals surface area (Å²) in [5.74, 6) is -1.16. The van der Waals surface area contributed by atoms with Crippen LogP contribution in [0, 0.1) is 11.6 Å². The summed E-state index contributed by atoms with van der Waals surface area (Å²) < 4.78 is 60.2. The number of hydrogen-bond acceptors (Lipinski definition) is 7. The van der Waals surface area contributed by atoms with Gasteiger partial charge < -0.3 is 25.6 Å². The number of alkyl carbamates (subject to hydrolysis) is 1. The molecule has 0 fully saturated rings. The summed E-state index contributed by atoms with van der Waals surface area (Å²) >= 11 is 0. The Bertz CT molecular complexity index is 2010. The average Bonchev–Trinajstić information content (AvgIpc) is 3.74. The monoisotopic (exact) mass is 788 g/mol. The van der Waals surface area contributed by atoms with E-state index in [1.165, 1.54) is 33.6 Å². The highest BCUT2D eigenvalue weighted by atomic mass is 35.5. The first-order valence-corrected chi connectivity index (χ1v) is 16.8. The SMILES string of the molecule is C.CC(C)(C)OC(=O)NC/C(=C\F)Cn1cc2c(n1)CCN(c1ccc(F)cc1)C2=O.Cl.NC/C(=C\F)Cn1cc2c(n1)CCN(c1ccc(F)cc1)C2=O. The minimum atomic E-state index is -0.651. The number of amides is 3. The van der Waals surface area contributed by atoms with Crippen molar-refractivity contribution in [1.29, 1.82) is 0 Å². The van der Waals surface area contributed by atoms with Crippen molar-refractivity contribution in [2.45, 2.75) is 59.7 Å². The lowest BCUT2D eigenvalue weighted by Crippen LogP contribution is -2.37. The topological polar surface area (TPSA) is 141 Å². The lowest BCUT2D eigenvalue weighted by molar-refractivity contribution is 0.0531. The number of ether oxygens (including phenoxy) is 1. The minimum absolute atomic E-state index is 0. The van der Waals surface area contributed by atoms with Gasteiger partial charge in [-0.15, -0.1) is 12.4 Å². The average molecular weight is 789 g/mol. The number of anilines is 2. The van der Waals surface area contributed by atoms with Crippen LogP contribution in [0.25, 0.3) is 0 Å². The Morgan fingerprint density at radius 1 is 0.800 bits per heavy atom. The van der Waals surface area contributed by atoms with E-state index in [4.69, 9.17) is 10.5 Å². The molecule has 2 aliphatic rings. The Hall–Kier alpha value is -5.48. The van der Waals surface area contributed by atoms with Crippen molar-refractivity contribution in [3.05, 3.63) is 119 Å². The molecule has 3 amide bonds. The van der Waals surface area contributed by atoms with Gasteiger partial charge in [-0.1, -0.05) is 7.43 Å². The van der Waals surface area contributed by atoms with E-state index in [0.29, 0.717) is 78.1 Å². The Balaban J connectivity index is 0.000000294. The quantitative estimate of drug-likeness (QED) is 0.180. The summed E-state index contributed by atoms with van der Waals surface area (Å²) in [6.07, 6.45) is 4.50. The molecule has 2 aromatic heterocycles. The molecule has 4 aromatic rings. The van der Waals surface area contributed by atoms with Gasteiger partial charge in [-0.2, -0.15) is 10.2 Å². The molecule has 0 saturated heterocycles. The molecule has 3 N–H and O–H groups in total. The van der Waals surface area contributed by atoms with Gasteiger partial charge in [0.05, 0.1) is 48.3 Å². The molecule has 6 rings (SSSR count). The molecule has 12 nitrogen and oxygen atoms in total. The highest BCUT2D eigenvalue weighted by Gasteiger charge is 2.30. The van der Waals surface area contributed by atoms with Crippen molar-refractivity contribution in [3.8, 4) is 0 Å². The summed E-state index contributed by atoms with van der Waals surface area (Å²) in [6.45, 7) is 6.42. The molecule has 0 spiro atoms. The molecule has 0 saturated carbocycles. The first kappa shape index (κ1) is 43.9. The maximum atomic E-state index is 13.3. The molecule has 0 atom stereocenters. The number of nitrogens with zero attached hydrogens (tertiary/aromatic N) is 6. The normalized spacial score (nSPS) is 14.2. The van der Waals surface area contributed by atoms with Crippen molar-refractivity contribution < 1.29 is 36.7 Å². The first-order valence-electron chi connectivity index (χ1n) is 16.8. The smallest absolute Gasteiger partial charge is 0.407 e. The molecule has 2 aromatic carbocycles. The van der Waals surface area contributed by atoms with Crippen molar-refractivity contribution >= 4 is 41.7 Å². The van der Waals surface area contributed by atoms with Crippen LogP contribution in [0.2, 0.25) is 0 Å². The lowest BCUT2D eigenvalue weighted by Gasteiger charge is -2.26. The molecule has 17 heteroatoms. The third kappa shape index (κ3) is 11.3. The summed E-state index contributed by atoms with van der Waals surface area (Å²) in [7, 11) is 0. The van der Waals surface area contributed by atoms with E-state index >= 15 is 0 Å². The van der Waals surface area contributed by atoms with Gasteiger partial charge in [0.25, 0.3) is 11.8 Å². The fourth-order valence-electron chi connectivity index (χ4n) is 5.66. The number of nitrogens with one attached hydrogen (secondary N) is 1. The number of benzene rings is 2. The molecule has 4 heterocycles. The summed E-state index contributed by atoms with van der Waals surface area (Å²) in [5.41, 5.74) is 8.90. The number of halogens is 5. The third-order valence-electron chi connectivity index (χ3n) is 8.21. The van der Waals surface area contributed by atoms with Gasteiger partial charge in [0.1, 0.15) is 17.2 Å². The summed E-state index contributed by atoms with van der Waals surface area (Å²) in [6, 6.07) is 11.5. The van der Waals surface area contributed by atoms with E-state index in [1.807, 2.05) is 0 Å². The number of fused-ring (bicyclic) bond motifs is 2. The molecule has 296 valence electrons. The largest absolute Gasteiger partial charge is 0.444 e. The van der Waals surface area contributed by atoms with E-state index in [9.17, 15) is 31.9 Å². The van der Waals surface area contributed by atoms with Gasteiger partial charge in [-0.05, 0) is 80.4 Å². The summed E-state index contributed by atoms with van der Waals surface area (Å²) in [5, 5.41) is 11.2. The number of carbonyl (C=O) groups excluding carboxylic acids is 3. The Labute approximate surface area is 323 Å². The van der Waals surface area contributed by atoms with Crippen LogP contribution in [-0.2, 0) is 30.7 Å². The fourth-order valence-corrected chi connectivity index (χ4v) is 5.66. The van der Waals surface area contributed by atoms with Gasteiger partial charge in [0, 0.05) is 62.8 Å². The predicted octanol–water partition coefficient (Wildman–Crippen LogP) is 6.70. The fraction of sp³-hybridized carbons (Fsp3) is 0.342. The van der Waals surface area contributed by atoms with Crippen LogP contribution in [0.15, 0.2) is 84.7 Å². The van der Waals surface area contributed by atoms with E-state index in [-0.39, 0.29) is 75.0 Å². The summed E-state index contributed by atoms with van der Waals surface area (Å²) in [4.78, 5) is 40.3. The maximum Gasteiger partial charge on any atom is 0.407 e. The van der Waals surface area contributed by atoms with Crippen LogP contribution in [0.4, 0.5) is 33.7 Å². The lowest BCUT2D eigenvalue weighted by atomic mass is 10.1. The predicted molar refractivity (Wildman–Crippen MR) is 204 cm³/mol. The van der Waals surface area contributed by atoms with Gasteiger partial charge in [0.2, 0.25) is 0 Å². The molecule has 0 unspecified atom stereocenters. The Morgan fingerprint density at radius 2 is 1.22 bits per heavy atom. The van der Waals surface area contributed by atoms with Crippen LogP contribution in [0.1, 0.15) is 60.3 Å². The molecule has 0 radical (unpaired) electrons. The second-order valence-electron chi connectivity index (χ2n) is 13.3. The second-order valence-corrected chi connectivity index (χ2v) is 13.3.